The molecule has 0 aliphatic carbocycles. The van der Waals surface area contributed by atoms with E-state index in [9.17, 15) is 14.7 Å². The molecule has 0 fully saturated rings. The third-order valence-corrected chi connectivity index (χ3v) is 3.95. The van der Waals surface area contributed by atoms with Crippen molar-refractivity contribution in [3.63, 3.8) is 0 Å². The molecule has 3 rings (SSSR count). The van der Waals surface area contributed by atoms with E-state index >= 15 is 0 Å². The van der Waals surface area contributed by atoms with E-state index < -0.39 is 17.4 Å². The number of aromatic nitrogens is 4. The first-order valence-corrected chi connectivity index (χ1v) is 8.17. The standard InChI is InChI=1S/C16H17ClN6O3/c1-9(24)8-23-12-13(22(2)16(26)20-14(12)25)19-15(23)21-18-7-10-3-5-11(17)6-4-10/h3-7,9,24H,8H2,1-2H3,(H,19,21)(H,20,25,26)/b18-7-/t9-/m0/s1. The van der Waals surface area contributed by atoms with Crippen LogP contribution in [0.15, 0.2) is 39.0 Å². The van der Waals surface area contributed by atoms with Gasteiger partial charge in [-0.15, -0.1) is 0 Å². The summed E-state index contributed by atoms with van der Waals surface area (Å²) in [4.78, 5) is 30.5. The summed E-state index contributed by atoms with van der Waals surface area (Å²) >= 11 is 5.84. The van der Waals surface area contributed by atoms with E-state index in [4.69, 9.17) is 11.6 Å². The van der Waals surface area contributed by atoms with Crippen LogP contribution in [0.1, 0.15) is 12.5 Å². The van der Waals surface area contributed by atoms with Crippen molar-refractivity contribution in [1.82, 2.24) is 19.1 Å². The molecule has 1 atom stereocenters. The lowest BCUT2D eigenvalue weighted by Crippen LogP contribution is -2.29. The van der Waals surface area contributed by atoms with Gasteiger partial charge in [-0.05, 0) is 24.6 Å². The summed E-state index contributed by atoms with van der Waals surface area (Å²) < 4.78 is 2.71. The number of hydrogen-bond acceptors (Lipinski definition) is 6. The van der Waals surface area contributed by atoms with E-state index in [1.165, 1.54) is 16.2 Å². The molecule has 1 aromatic carbocycles. The molecule has 0 unspecified atom stereocenters. The summed E-state index contributed by atoms with van der Waals surface area (Å²) in [6.45, 7) is 1.69. The Morgan fingerprint density at radius 2 is 2.08 bits per heavy atom. The number of imidazole rings is 1. The number of hydrogen-bond donors (Lipinski definition) is 3. The van der Waals surface area contributed by atoms with Crippen molar-refractivity contribution in [2.24, 2.45) is 12.1 Å². The minimum atomic E-state index is -0.732. The fourth-order valence-corrected chi connectivity index (χ4v) is 2.60. The second-order valence-electron chi connectivity index (χ2n) is 5.81. The number of fused-ring (bicyclic) bond motifs is 1. The Kier molecular flexibility index (Phi) is 4.92. The molecule has 136 valence electrons. The van der Waals surface area contributed by atoms with E-state index in [1.54, 1.807) is 37.4 Å². The predicted octanol–water partition coefficient (Wildman–Crippen LogP) is 0.904. The third-order valence-electron chi connectivity index (χ3n) is 3.70. The molecule has 0 amide bonds. The van der Waals surface area contributed by atoms with Gasteiger partial charge in [-0.3, -0.25) is 14.3 Å². The summed E-state index contributed by atoms with van der Waals surface area (Å²) in [6, 6.07) is 7.06. The van der Waals surface area contributed by atoms with Gasteiger partial charge in [0.25, 0.3) is 5.56 Å². The van der Waals surface area contributed by atoms with Gasteiger partial charge in [-0.25, -0.2) is 10.2 Å². The normalized spacial score (nSPS) is 12.8. The van der Waals surface area contributed by atoms with E-state index in [2.05, 4.69) is 20.5 Å². The number of aromatic amines is 1. The molecule has 0 radical (unpaired) electrons. The Labute approximate surface area is 152 Å². The van der Waals surface area contributed by atoms with Gasteiger partial charge in [0, 0.05) is 12.1 Å². The lowest BCUT2D eigenvalue weighted by molar-refractivity contribution is 0.175. The highest BCUT2D eigenvalue weighted by molar-refractivity contribution is 6.30. The van der Waals surface area contributed by atoms with Crippen LogP contribution < -0.4 is 16.7 Å². The molecule has 26 heavy (non-hydrogen) atoms. The van der Waals surface area contributed by atoms with E-state index in [0.29, 0.717) is 5.02 Å². The Hall–Kier alpha value is -2.91. The van der Waals surface area contributed by atoms with Crippen molar-refractivity contribution in [3.05, 3.63) is 55.7 Å². The Morgan fingerprint density at radius 1 is 1.38 bits per heavy atom. The summed E-state index contributed by atoms with van der Waals surface area (Å²) in [5.41, 5.74) is 2.79. The first kappa shape index (κ1) is 17.9. The van der Waals surface area contributed by atoms with Crippen LogP contribution in [-0.4, -0.2) is 36.5 Å². The van der Waals surface area contributed by atoms with Crippen LogP contribution in [0.4, 0.5) is 5.95 Å². The molecule has 2 heterocycles. The van der Waals surface area contributed by atoms with Gasteiger partial charge in [0.2, 0.25) is 5.95 Å². The van der Waals surface area contributed by atoms with Gasteiger partial charge >= 0.3 is 5.69 Å². The zero-order valence-corrected chi connectivity index (χ0v) is 14.9. The fourth-order valence-electron chi connectivity index (χ4n) is 2.48. The number of aliphatic hydroxyl groups is 1. The lowest BCUT2D eigenvalue weighted by Gasteiger charge is -2.09. The number of hydrazone groups is 1. The summed E-state index contributed by atoms with van der Waals surface area (Å²) in [5, 5.41) is 14.5. The summed E-state index contributed by atoms with van der Waals surface area (Å²) in [6.07, 6.45) is 0.830. The van der Waals surface area contributed by atoms with Crippen LogP contribution in [-0.2, 0) is 13.6 Å². The molecule has 0 bridgehead atoms. The quantitative estimate of drug-likeness (QED) is 0.452. The average molecular weight is 377 g/mol. The number of rotatable bonds is 5. The summed E-state index contributed by atoms with van der Waals surface area (Å²) in [7, 11) is 1.50. The van der Waals surface area contributed by atoms with Gasteiger partial charge in [0.05, 0.1) is 18.9 Å². The SMILES string of the molecule is C[C@H](O)Cn1c(N/N=C\c2ccc(Cl)cc2)nc2c1c(=O)[nH]c(=O)n2C. The molecular formula is C16H17ClN6O3. The van der Waals surface area contributed by atoms with E-state index in [0.717, 1.165) is 5.56 Å². The van der Waals surface area contributed by atoms with Gasteiger partial charge in [0.15, 0.2) is 11.2 Å². The molecule has 3 aromatic rings. The van der Waals surface area contributed by atoms with E-state index in [-0.39, 0.29) is 23.7 Å². The average Bonchev–Trinajstić information content (AvgIpc) is 2.93. The topological polar surface area (TPSA) is 117 Å². The second kappa shape index (κ2) is 7.14. The van der Waals surface area contributed by atoms with Crippen molar-refractivity contribution in [1.29, 1.82) is 0 Å². The predicted molar refractivity (Wildman–Crippen MR) is 99.9 cm³/mol. The molecule has 2 aromatic heterocycles. The number of aryl methyl sites for hydroxylation is 1. The molecule has 0 saturated carbocycles. The zero-order valence-electron chi connectivity index (χ0n) is 14.1. The highest BCUT2D eigenvalue weighted by Gasteiger charge is 2.18. The van der Waals surface area contributed by atoms with Crippen LogP contribution in [0.5, 0.6) is 0 Å². The van der Waals surface area contributed by atoms with Gasteiger partial charge < -0.3 is 9.67 Å². The Bertz CT molecular complexity index is 1080. The minimum absolute atomic E-state index is 0.108. The molecule has 10 heteroatoms. The number of halogens is 1. The Morgan fingerprint density at radius 3 is 2.73 bits per heavy atom. The number of nitrogens with one attached hydrogen (secondary N) is 2. The number of nitrogens with zero attached hydrogens (tertiary/aromatic N) is 4. The molecule has 3 N–H and O–H groups in total. The van der Waals surface area contributed by atoms with Gasteiger partial charge in [-0.2, -0.15) is 10.1 Å². The second-order valence-corrected chi connectivity index (χ2v) is 6.24. The smallest absolute Gasteiger partial charge is 0.329 e. The monoisotopic (exact) mass is 376 g/mol. The van der Waals surface area contributed by atoms with Crippen molar-refractivity contribution in [2.45, 2.75) is 19.6 Å². The number of aliphatic hydroxyl groups excluding tert-OH is 1. The van der Waals surface area contributed by atoms with Crippen molar-refractivity contribution < 1.29 is 5.11 Å². The maximum Gasteiger partial charge on any atom is 0.329 e. The lowest BCUT2D eigenvalue weighted by atomic mass is 10.2. The first-order valence-electron chi connectivity index (χ1n) is 7.79. The molecule has 9 nitrogen and oxygen atoms in total. The van der Waals surface area contributed by atoms with Gasteiger partial charge in [-0.1, -0.05) is 23.7 Å². The van der Waals surface area contributed by atoms with E-state index in [1.807, 2.05) is 0 Å². The summed E-state index contributed by atoms with van der Waals surface area (Å²) in [5.74, 6) is 0.234. The molecule has 0 aliphatic heterocycles. The van der Waals surface area contributed by atoms with Crippen molar-refractivity contribution in [3.8, 4) is 0 Å². The Balaban J connectivity index is 2.02. The highest BCUT2D eigenvalue weighted by Crippen LogP contribution is 2.16. The molecule has 0 saturated heterocycles. The zero-order chi connectivity index (χ0) is 18.8. The highest BCUT2D eigenvalue weighted by atomic mass is 35.5. The number of anilines is 1. The van der Waals surface area contributed by atoms with Crippen LogP contribution in [0, 0.1) is 0 Å². The minimum Gasteiger partial charge on any atom is -0.392 e. The first-order chi connectivity index (χ1) is 12.4. The number of H-pyrrole nitrogens is 1. The molecular weight excluding hydrogens is 360 g/mol. The van der Waals surface area contributed by atoms with Gasteiger partial charge in [0.1, 0.15) is 0 Å². The maximum atomic E-state index is 12.2. The molecule has 0 spiro atoms. The van der Waals surface area contributed by atoms with Crippen LogP contribution >= 0.6 is 11.6 Å². The molecule has 0 aliphatic rings. The van der Waals surface area contributed by atoms with Crippen LogP contribution in [0.2, 0.25) is 5.02 Å². The largest absolute Gasteiger partial charge is 0.392 e. The number of benzene rings is 1. The third kappa shape index (κ3) is 3.53. The van der Waals surface area contributed by atoms with Crippen molar-refractivity contribution in [2.75, 3.05) is 5.43 Å². The van der Waals surface area contributed by atoms with Crippen molar-refractivity contribution >= 4 is 34.9 Å². The van der Waals surface area contributed by atoms with Crippen LogP contribution in [0.25, 0.3) is 11.2 Å². The fraction of sp³-hybridized carbons (Fsp3) is 0.250. The van der Waals surface area contributed by atoms with Crippen LogP contribution in [0.3, 0.4) is 0 Å². The maximum absolute atomic E-state index is 12.2.